The van der Waals surface area contributed by atoms with Gasteiger partial charge in [-0.15, -0.1) is 11.8 Å². The molecule has 1 aliphatic carbocycles. The molecule has 0 aromatic heterocycles. The van der Waals surface area contributed by atoms with E-state index in [0.29, 0.717) is 11.7 Å². The summed E-state index contributed by atoms with van der Waals surface area (Å²) in [4.78, 5) is 18.5. The number of nitrogens with zero attached hydrogens (tertiary/aromatic N) is 2. The molecule has 2 aliphatic heterocycles. The lowest BCUT2D eigenvalue weighted by molar-refractivity contribution is -0.131. The fourth-order valence-electron chi connectivity index (χ4n) is 4.68. The van der Waals surface area contributed by atoms with Crippen LogP contribution in [0.2, 0.25) is 0 Å². The van der Waals surface area contributed by atoms with Crippen molar-refractivity contribution in [1.29, 1.82) is 0 Å². The number of aliphatic hydroxyl groups is 2. The quantitative estimate of drug-likeness (QED) is 0.342. The minimum Gasteiger partial charge on any atom is -0.390 e. The predicted molar refractivity (Wildman–Crippen MR) is 124 cm³/mol. The van der Waals surface area contributed by atoms with Crippen molar-refractivity contribution in [2.45, 2.75) is 35.6 Å². The van der Waals surface area contributed by atoms with Gasteiger partial charge < -0.3 is 30.5 Å². The van der Waals surface area contributed by atoms with Crippen molar-refractivity contribution in [3.63, 3.8) is 0 Å². The van der Waals surface area contributed by atoms with E-state index in [1.807, 2.05) is 35.4 Å². The number of aliphatic hydroxyl groups excluding tert-OH is 2. The molecule has 31 heavy (non-hydrogen) atoms. The van der Waals surface area contributed by atoms with Gasteiger partial charge in [-0.05, 0) is 49.2 Å². The lowest BCUT2D eigenvalue weighted by atomic mass is 9.77. The Morgan fingerprint density at radius 3 is 2.68 bits per heavy atom. The highest BCUT2D eigenvalue weighted by Crippen LogP contribution is 2.37. The van der Waals surface area contributed by atoms with Crippen LogP contribution in [-0.2, 0) is 9.53 Å². The molecular formula is C21H30N4O4S2. The average Bonchev–Trinajstić information content (AvgIpc) is 3.14. The van der Waals surface area contributed by atoms with Crippen LogP contribution >= 0.6 is 24.0 Å². The van der Waals surface area contributed by atoms with E-state index in [-0.39, 0.29) is 18.4 Å². The number of fused-ring (bicyclic) bond motifs is 1. The SMILES string of the molecule is CSc1ccc(N2C(=S)N[C@H]3[C@@H](O)[C@H](O)C[C@@H](C(=O)NCCN4CCOCC4)[C@@H]32)cc1. The molecule has 1 amide bonds. The van der Waals surface area contributed by atoms with Crippen molar-refractivity contribution in [3.8, 4) is 0 Å². The van der Waals surface area contributed by atoms with Gasteiger partial charge in [-0.2, -0.15) is 0 Å². The molecule has 1 aromatic carbocycles. The number of thioether (sulfide) groups is 1. The first kappa shape index (κ1) is 22.8. The van der Waals surface area contributed by atoms with E-state index in [2.05, 4.69) is 15.5 Å². The van der Waals surface area contributed by atoms with Crippen molar-refractivity contribution in [2.24, 2.45) is 5.92 Å². The van der Waals surface area contributed by atoms with Crippen LogP contribution in [0.15, 0.2) is 29.2 Å². The molecule has 2 heterocycles. The smallest absolute Gasteiger partial charge is 0.225 e. The van der Waals surface area contributed by atoms with Crippen molar-refractivity contribution in [1.82, 2.24) is 15.5 Å². The summed E-state index contributed by atoms with van der Waals surface area (Å²) in [7, 11) is 0. The number of ether oxygens (including phenoxy) is 1. The highest BCUT2D eigenvalue weighted by Gasteiger charge is 2.53. The molecule has 0 unspecified atom stereocenters. The van der Waals surface area contributed by atoms with Gasteiger partial charge in [-0.25, -0.2) is 0 Å². The first-order valence-electron chi connectivity index (χ1n) is 10.7. The molecule has 10 heteroatoms. The summed E-state index contributed by atoms with van der Waals surface area (Å²) < 4.78 is 5.36. The van der Waals surface area contributed by atoms with E-state index in [0.717, 1.165) is 43.4 Å². The van der Waals surface area contributed by atoms with Crippen LogP contribution < -0.4 is 15.5 Å². The lowest BCUT2D eigenvalue weighted by Gasteiger charge is -2.41. The minimum atomic E-state index is -0.990. The molecule has 0 spiro atoms. The van der Waals surface area contributed by atoms with Crippen LogP contribution in [0.4, 0.5) is 5.69 Å². The summed E-state index contributed by atoms with van der Waals surface area (Å²) in [6.07, 6.45) is 0.236. The number of anilines is 1. The first-order chi connectivity index (χ1) is 15.0. The van der Waals surface area contributed by atoms with E-state index in [9.17, 15) is 15.0 Å². The molecule has 1 aromatic rings. The van der Waals surface area contributed by atoms with Crippen LogP contribution in [0.5, 0.6) is 0 Å². The third-order valence-electron chi connectivity index (χ3n) is 6.36. The van der Waals surface area contributed by atoms with Gasteiger partial charge in [-0.3, -0.25) is 9.69 Å². The van der Waals surface area contributed by atoms with E-state index in [4.69, 9.17) is 17.0 Å². The van der Waals surface area contributed by atoms with Gasteiger partial charge in [0.1, 0.15) is 6.10 Å². The molecule has 0 bridgehead atoms. The largest absolute Gasteiger partial charge is 0.390 e. The highest BCUT2D eigenvalue weighted by atomic mass is 32.2. The number of rotatable bonds is 6. The topological polar surface area (TPSA) is 97.3 Å². The van der Waals surface area contributed by atoms with Crippen molar-refractivity contribution >= 4 is 40.7 Å². The number of carbonyl (C=O) groups excluding carboxylic acids is 1. The molecule has 170 valence electrons. The predicted octanol–water partition coefficient (Wildman–Crippen LogP) is 0.0303. The Hall–Kier alpha value is -1.43. The second-order valence-electron chi connectivity index (χ2n) is 8.18. The maximum absolute atomic E-state index is 13.2. The zero-order chi connectivity index (χ0) is 22.0. The van der Waals surface area contributed by atoms with Gasteiger partial charge in [0, 0.05) is 36.8 Å². The van der Waals surface area contributed by atoms with E-state index in [1.165, 1.54) is 0 Å². The Balaban J connectivity index is 1.49. The number of hydrogen-bond donors (Lipinski definition) is 4. The van der Waals surface area contributed by atoms with E-state index >= 15 is 0 Å². The molecule has 8 nitrogen and oxygen atoms in total. The molecule has 5 atom stereocenters. The van der Waals surface area contributed by atoms with Gasteiger partial charge in [-0.1, -0.05) is 0 Å². The number of thiocarbonyl (C=S) groups is 1. The average molecular weight is 467 g/mol. The highest BCUT2D eigenvalue weighted by molar-refractivity contribution is 7.98. The Morgan fingerprint density at radius 2 is 2.00 bits per heavy atom. The molecule has 1 saturated carbocycles. The number of amides is 1. The Bertz CT molecular complexity index is 790. The van der Waals surface area contributed by atoms with Gasteiger partial charge in [0.15, 0.2) is 5.11 Å². The van der Waals surface area contributed by atoms with Crippen molar-refractivity contribution < 1.29 is 19.7 Å². The van der Waals surface area contributed by atoms with E-state index in [1.54, 1.807) is 11.8 Å². The van der Waals surface area contributed by atoms with Gasteiger partial charge in [0.05, 0.1) is 37.3 Å². The maximum Gasteiger partial charge on any atom is 0.225 e. The van der Waals surface area contributed by atoms with Crippen molar-refractivity contribution in [2.75, 3.05) is 50.5 Å². The zero-order valence-electron chi connectivity index (χ0n) is 17.6. The van der Waals surface area contributed by atoms with Crippen molar-refractivity contribution in [3.05, 3.63) is 24.3 Å². The second-order valence-corrected chi connectivity index (χ2v) is 9.45. The molecule has 3 aliphatic rings. The summed E-state index contributed by atoms with van der Waals surface area (Å²) in [5.74, 6) is -0.618. The Labute approximate surface area is 192 Å². The molecule has 2 saturated heterocycles. The standard InChI is InChI=1S/C21H30N4O4S2/c1-31-14-4-2-13(3-5-14)25-18-15(12-16(26)19(27)17(18)23-21(25)30)20(28)22-6-7-24-8-10-29-11-9-24/h2-5,15-19,26-27H,6-12H2,1H3,(H,22,28)(H,23,30)/t15-,16-,17-,18+,19+/m1/s1. The summed E-state index contributed by atoms with van der Waals surface area (Å²) in [6, 6.07) is 7.11. The Kier molecular flexibility index (Phi) is 7.35. The normalized spacial score (nSPS) is 31.3. The molecule has 0 radical (unpaired) electrons. The molecule has 3 fully saturated rings. The third-order valence-corrected chi connectivity index (χ3v) is 7.42. The summed E-state index contributed by atoms with van der Waals surface area (Å²) in [5, 5.41) is 27.7. The number of carbonyl (C=O) groups is 1. The summed E-state index contributed by atoms with van der Waals surface area (Å²) in [5.41, 5.74) is 0.873. The minimum absolute atomic E-state index is 0.119. The summed E-state index contributed by atoms with van der Waals surface area (Å²) in [6.45, 7) is 4.47. The van der Waals surface area contributed by atoms with Gasteiger partial charge in [0.2, 0.25) is 5.91 Å². The molecule has 4 rings (SSSR count). The zero-order valence-corrected chi connectivity index (χ0v) is 19.2. The first-order valence-corrected chi connectivity index (χ1v) is 12.3. The van der Waals surface area contributed by atoms with Crippen LogP contribution in [0.1, 0.15) is 6.42 Å². The van der Waals surface area contributed by atoms with Crippen LogP contribution in [0.25, 0.3) is 0 Å². The van der Waals surface area contributed by atoms with Gasteiger partial charge >= 0.3 is 0 Å². The molecular weight excluding hydrogens is 436 g/mol. The van der Waals surface area contributed by atoms with Crippen LogP contribution in [0.3, 0.4) is 0 Å². The van der Waals surface area contributed by atoms with Crippen LogP contribution in [0, 0.1) is 5.92 Å². The number of morpholine rings is 1. The maximum atomic E-state index is 13.2. The molecule has 4 N–H and O–H groups in total. The summed E-state index contributed by atoms with van der Waals surface area (Å²) >= 11 is 7.22. The van der Waals surface area contributed by atoms with Crippen LogP contribution in [-0.4, -0.2) is 96.1 Å². The fourth-order valence-corrected chi connectivity index (χ4v) is 5.45. The number of nitrogens with one attached hydrogen (secondary N) is 2. The number of benzene rings is 1. The second kappa shape index (κ2) is 10.0. The lowest BCUT2D eigenvalue weighted by Crippen LogP contribution is -2.61. The Morgan fingerprint density at radius 1 is 1.29 bits per heavy atom. The van der Waals surface area contributed by atoms with Gasteiger partial charge in [0.25, 0.3) is 0 Å². The fraction of sp³-hybridized carbons (Fsp3) is 0.619. The van der Waals surface area contributed by atoms with E-state index < -0.39 is 24.2 Å². The monoisotopic (exact) mass is 466 g/mol. The third kappa shape index (κ3) is 4.84. The number of hydrogen-bond acceptors (Lipinski definition) is 7.